The van der Waals surface area contributed by atoms with E-state index in [0.717, 1.165) is 43.5 Å². The van der Waals surface area contributed by atoms with Crippen LogP contribution in [-0.4, -0.2) is 12.0 Å². The molecule has 2 aliphatic rings. The smallest absolute Gasteiger partial charge is 0.227 e. The Morgan fingerprint density at radius 2 is 2.00 bits per heavy atom. The Kier molecular flexibility index (Phi) is 4.59. The molecule has 1 aromatic carbocycles. The van der Waals surface area contributed by atoms with E-state index in [9.17, 15) is 4.79 Å². The molecule has 3 rings (SSSR count). The maximum absolute atomic E-state index is 12.2. The minimum absolute atomic E-state index is 0.106. The molecule has 0 saturated heterocycles. The average Bonchev–Trinajstić information content (AvgIpc) is 3.01. The van der Waals surface area contributed by atoms with E-state index in [-0.39, 0.29) is 11.8 Å². The Morgan fingerprint density at radius 1 is 1.14 bits per heavy atom. The topological polar surface area (TPSA) is 38.3 Å². The minimum Gasteiger partial charge on any atom is -0.490 e. The summed E-state index contributed by atoms with van der Waals surface area (Å²) in [7, 11) is 0. The van der Waals surface area contributed by atoms with Gasteiger partial charge in [-0.2, -0.15) is 0 Å². The van der Waals surface area contributed by atoms with E-state index in [4.69, 9.17) is 4.74 Å². The fraction of sp³-hybridized carbons (Fsp3) is 0.500. The summed E-state index contributed by atoms with van der Waals surface area (Å²) in [4.78, 5) is 12.2. The van der Waals surface area contributed by atoms with E-state index in [0.29, 0.717) is 6.10 Å². The van der Waals surface area contributed by atoms with Gasteiger partial charge in [-0.15, -0.1) is 0 Å². The molecule has 0 heterocycles. The maximum atomic E-state index is 12.2. The molecule has 0 spiro atoms. The Balaban J connectivity index is 1.59. The van der Waals surface area contributed by atoms with E-state index in [1.54, 1.807) is 0 Å². The number of amides is 1. The van der Waals surface area contributed by atoms with Gasteiger partial charge < -0.3 is 10.1 Å². The number of hydrogen-bond donors (Lipinski definition) is 1. The summed E-state index contributed by atoms with van der Waals surface area (Å²) in [5.74, 6) is 1.09. The Labute approximate surface area is 126 Å². The third kappa shape index (κ3) is 3.87. The Hall–Kier alpha value is -1.77. The fourth-order valence-electron chi connectivity index (χ4n) is 3.12. The first kappa shape index (κ1) is 14.2. The molecule has 3 nitrogen and oxygen atoms in total. The van der Waals surface area contributed by atoms with Crippen molar-refractivity contribution in [2.75, 3.05) is 5.32 Å². The van der Waals surface area contributed by atoms with Crippen LogP contribution in [0.4, 0.5) is 5.69 Å². The number of hydrogen-bond acceptors (Lipinski definition) is 2. The summed E-state index contributed by atoms with van der Waals surface area (Å²) >= 11 is 0. The lowest BCUT2D eigenvalue weighted by Crippen LogP contribution is -2.23. The standard InChI is InChI=1S/C18H23NO2/c20-18(14-7-2-1-3-8-14)19-15-9-6-12-17(13-15)21-16-10-4-5-11-16/h1-2,6,9,12-14,16H,3-5,7-8,10-11H2,(H,19,20)/t14-/m1/s1. The maximum Gasteiger partial charge on any atom is 0.227 e. The van der Waals surface area contributed by atoms with E-state index in [1.165, 1.54) is 12.8 Å². The fourth-order valence-corrected chi connectivity index (χ4v) is 3.12. The van der Waals surface area contributed by atoms with Crippen molar-refractivity contribution >= 4 is 11.6 Å². The van der Waals surface area contributed by atoms with Gasteiger partial charge in [-0.1, -0.05) is 18.2 Å². The van der Waals surface area contributed by atoms with E-state index in [1.807, 2.05) is 24.3 Å². The van der Waals surface area contributed by atoms with Gasteiger partial charge in [0.05, 0.1) is 6.10 Å². The summed E-state index contributed by atoms with van der Waals surface area (Å²) < 4.78 is 5.98. The van der Waals surface area contributed by atoms with Crippen LogP contribution in [0.2, 0.25) is 0 Å². The molecule has 0 bridgehead atoms. The average molecular weight is 285 g/mol. The van der Waals surface area contributed by atoms with Gasteiger partial charge in [0.25, 0.3) is 0 Å². The van der Waals surface area contributed by atoms with Gasteiger partial charge in [0.1, 0.15) is 5.75 Å². The number of rotatable bonds is 4. The zero-order valence-electron chi connectivity index (χ0n) is 12.4. The lowest BCUT2D eigenvalue weighted by atomic mass is 9.93. The first-order valence-electron chi connectivity index (χ1n) is 8.04. The van der Waals surface area contributed by atoms with Crippen LogP contribution in [-0.2, 0) is 4.79 Å². The van der Waals surface area contributed by atoms with Crippen molar-refractivity contribution in [1.82, 2.24) is 0 Å². The molecule has 1 saturated carbocycles. The number of allylic oxidation sites excluding steroid dienone is 2. The van der Waals surface area contributed by atoms with Gasteiger partial charge in [0.15, 0.2) is 0 Å². The molecule has 0 unspecified atom stereocenters. The van der Waals surface area contributed by atoms with Crippen LogP contribution >= 0.6 is 0 Å². The van der Waals surface area contributed by atoms with Crippen molar-refractivity contribution in [3.05, 3.63) is 36.4 Å². The number of carbonyl (C=O) groups excluding carboxylic acids is 1. The summed E-state index contributed by atoms with van der Waals surface area (Å²) in [5.41, 5.74) is 0.838. The molecule has 1 amide bonds. The SMILES string of the molecule is O=C(Nc1cccc(OC2CCCC2)c1)[C@@H]1CC=CCC1. The minimum atomic E-state index is 0.106. The highest BCUT2D eigenvalue weighted by molar-refractivity contribution is 5.92. The highest BCUT2D eigenvalue weighted by Crippen LogP contribution is 2.26. The van der Waals surface area contributed by atoms with Gasteiger partial charge in [-0.3, -0.25) is 4.79 Å². The molecule has 3 heteroatoms. The van der Waals surface area contributed by atoms with Crippen LogP contribution < -0.4 is 10.1 Å². The van der Waals surface area contributed by atoms with Gasteiger partial charge in [-0.05, 0) is 57.1 Å². The third-order valence-corrected chi connectivity index (χ3v) is 4.35. The number of benzene rings is 1. The molecular formula is C18H23NO2. The first-order chi connectivity index (χ1) is 10.3. The number of anilines is 1. The summed E-state index contributed by atoms with van der Waals surface area (Å²) in [6, 6.07) is 7.78. The van der Waals surface area contributed by atoms with Crippen molar-refractivity contribution in [2.24, 2.45) is 5.92 Å². The molecule has 21 heavy (non-hydrogen) atoms. The lowest BCUT2D eigenvalue weighted by molar-refractivity contribution is -0.120. The van der Waals surface area contributed by atoms with Crippen LogP contribution in [0, 0.1) is 5.92 Å². The molecule has 112 valence electrons. The van der Waals surface area contributed by atoms with Crippen molar-refractivity contribution in [2.45, 2.75) is 51.0 Å². The quantitative estimate of drug-likeness (QED) is 0.837. The van der Waals surface area contributed by atoms with Crippen molar-refractivity contribution in [3.8, 4) is 5.75 Å². The largest absolute Gasteiger partial charge is 0.490 e. The van der Waals surface area contributed by atoms with Crippen molar-refractivity contribution in [3.63, 3.8) is 0 Å². The molecule has 0 aromatic heterocycles. The lowest BCUT2D eigenvalue weighted by Gasteiger charge is -2.18. The van der Waals surface area contributed by atoms with Gasteiger partial charge in [0, 0.05) is 17.7 Å². The van der Waals surface area contributed by atoms with Crippen molar-refractivity contribution < 1.29 is 9.53 Å². The zero-order chi connectivity index (χ0) is 14.5. The number of nitrogens with one attached hydrogen (secondary N) is 1. The summed E-state index contributed by atoms with van der Waals surface area (Å²) in [6.07, 6.45) is 12.2. The number of ether oxygens (including phenoxy) is 1. The molecule has 1 aromatic rings. The zero-order valence-corrected chi connectivity index (χ0v) is 12.4. The van der Waals surface area contributed by atoms with E-state index < -0.39 is 0 Å². The van der Waals surface area contributed by atoms with Crippen LogP contribution in [0.5, 0.6) is 5.75 Å². The van der Waals surface area contributed by atoms with E-state index >= 15 is 0 Å². The summed E-state index contributed by atoms with van der Waals surface area (Å²) in [6.45, 7) is 0. The Morgan fingerprint density at radius 3 is 2.76 bits per heavy atom. The third-order valence-electron chi connectivity index (χ3n) is 4.35. The molecule has 1 fully saturated rings. The van der Waals surface area contributed by atoms with Crippen LogP contribution in [0.3, 0.4) is 0 Å². The highest BCUT2D eigenvalue weighted by Gasteiger charge is 2.19. The normalized spacial score (nSPS) is 22.2. The molecule has 2 aliphatic carbocycles. The van der Waals surface area contributed by atoms with Gasteiger partial charge >= 0.3 is 0 Å². The monoisotopic (exact) mass is 285 g/mol. The summed E-state index contributed by atoms with van der Waals surface area (Å²) in [5, 5.41) is 3.02. The Bertz CT molecular complexity index is 518. The molecule has 0 radical (unpaired) electrons. The van der Waals surface area contributed by atoms with Gasteiger partial charge in [-0.25, -0.2) is 0 Å². The van der Waals surface area contributed by atoms with Crippen LogP contribution in [0.15, 0.2) is 36.4 Å². The first-order valence-corrected chi connectivity index (χ1v) is 8.04. The second-order valence-electron chi connectivity index (χ2n) is 6.02. The molecule has 1 N–H and O–H groups in total. The predicted molar refractivity (Wildman–Crippen MR) is 84.4 cm³/mol. The molecule has 0 aliphatic heterocycles. The van der Waals surface area contributed by atoms with Crippen LogP contribution in [0.1, 0.15) is 44.9 Å². The number of carbonyl (C=O) groups is 1. The van der Waals surface area contributed by atoms with Crippen molar-refractivity contribution in [1.29, 1.82) is 0 Å². The molecular weight excluding hydrogens is 262 g/mol. The van der Waals surface area contributed by atoms with Gasteiger partial charge in [0.2, 0.25) is 5.91 Å². The van der Waals surface area contributed by atoms with E-state index in [2.05, 4.69) is 17.5 Å². The predicted octanol–water partition coefficient (Wildman–Crippen LogP) is 4.30. The second-order valence-corrected chi connectivity index (χ2v) is 6.02. The van der Waals surface area contributed by atoms with Crippen LogP contribution in [0.25, 0.3) is 0 Å². The second kappa shape index (κ2) is 6.79. The molecule has 1 atom stereocenters. The highest BCUT2D eigenvalue weighted by atomic mass is 16.5.